The van der Waals surface area contributed by atoms with Gasteiger partial charge >= 0.3 is 5.97 Å². The molecular weight excluding hydrogens is 370 g/mol. The SMILES string of the molecule is Cc1nn(-c2ccc(C(=O)O)cc2)c2c1[C@H](c1cccs1)SCC(=O)N2. The van der Waals surface area contributed by atoms with Gasteiger partial charge in [-0.25, -0.2) is 9.48 Å². The van der Waals surface area contributed by atoms with E-state index in [1.807, 2.05) is 18.4 Å². The van der Waals surface area contributed by atoms with Gasteiger partial charge in [-0.2, -0.15) is 5.10 Å². The van der Waals surface area contributed by atoms with Crippen LogP contribution in [0.15, 0.2) is 41.8 Å². The molecule has 1 aromatic carbocycles. The second-order valence-corrected chi connectivity index (χ2v) is 7.94. The zero-order chi connectivity index (χ0) is 18.3. The number of carboxylic acids is 1. The molecule has 26 heavy (non-hydrogen) atoms. The average Bonchev–Trinajstić information content (AvgIpc) is 3.21. The number of carbonyl (C=O) groups is 2. The number of aromatic nitrogens is 2. The van der Waals surface area contributed by atoms with Crippen LogP contribution in [-0.2, 0) is 4.79 Å². The number of hydrogen-bond acceptors (Lipinski definition) is 5. The average molecular weight is 385 g/mol. The van der Waals surface area contributed by atoms with Gasteiger partial charge in [-0.1, -0.05) is 6.07 Å². The molecule has 8 heteroatoms. The zero-order valence-electron chi connectivity index (χ0n) is 13.8. The van der Waals surface area contributed by atoms with Crippen LogP contribution in [0, 0.1) is 6.92 Å². The van der Waals surface area contributed by atoms with Gasteiger partial charge in [-0.3, -0.25) is 4.79 Å². The molecule has 4 rings (SSSR count). The Labute approximate surface area is 157 Å². The summed E-state index contributed by atoms with van der Waals surface area (Å²) in [5, 5.41) is 18.7. The minimum atomic E-state index is -0.977. The topological polar surface area (TPSA) is 84.2 Å². The van der Waals surface area contributed by atoms with Crippen molar-refractivity contribution in [1.29, 1.82) is 0 Å². The molecule has 3 heterocycles. The van der Waals surface area contributed by atoms with Crippen LogP contribution in [0.5, 0.6) is 0 Å². The maximum absolute atomic E-state index is 12.2. The van der Waals surface area contributed by atoms with Crippen molar-refractivity contribution in [2.24, 2.45) is 0 Å². The monoisotopic (exact) mass is 385 g/mol. The Morgan fingerprint density at radius 1 is 1.31 bits per heavy atom. The maximum atomic E-state index is 12.2. The lowest BCUT2D eigenvalue weighted by atomic mass is 10.1. The van der Waals surface area contributed by atoms with Crippen molar-refractivity contribution < 1.29 is 14.7 Å². The van der Waals surface area contributed by atoms with Crippen LogP contribution in [0.25, 0.3) is 5.69 Å². The molecule has 0 bridgehead atoms. The van der Waals surface area contributed by atoms with E-state index in [-0.39, 0.29) is 16.7 Å². The molecule has 0 fully saturated rings. The van der Waals surface area contributed by atoms with Gasteiger partial charge < -0.3 is 10.4 Å². The second-order valence-electron chi connectivity index (χ2n) is 5.87. The van der Waals surface area contributed by atoms with Gasteiger partial charge in [0.25, 0.3) is 0 Å². The first-order valence-electron chi connectivity index (χ1n) is 7.92. The highest BCUT2D eigenvalue weighted by Gasteiger charge is 2.31. The predicted octanol–water partition coefficient (Wildman–Crippen LogP) is 3.72. The van der Waals surface area contributed by atoms with Gasteiger partial charge in [0.2, 0.25) is 5.91 Å². The molecule has 2 aromatic heterocycles. The Hall–Kier alpha value is -2.58. The Morgan fingerprint density at radius 2 is 2.08 bits per heavy atom. The van der Waals surface area contributed by atoms with Gasteiger partial charge in [-0.05, 0) is 42.6 Å². The molecule has 1 aliphatic rings. The van der Waals surface area contributed by atoms with E-state index < -0.39 is 5.97 Å². The molecule has 2 N–H and O–H groups in total. The standard InChI is InChI=1S/C18H15N3O3S2/c1-10-15-16(13-3-2-8-25-13)26-9-14(22)19-17(15)21(20-10)12-6-4-11(5-7-12)18(23)24/h2-8,16H,9H2,1H3,(H,19,22)(H,23,24)/t16-/m0/s1. The van der Waals surface area contributed by atoms with Crippen LogP contribution < -0.4 is 5.32 Å². The molecular formula is C18H15N3O3S2. The molecule has 0 spiro atoms. The van der Waals surface area contributed by atoms with Crippen molar-refractivity contribution in [3.05, 3.63) is 63.5 Å². The van der Waals surface area contributed by atoms with Crippen molar-refractivity contribution in [2.75, 3.05) is 11.1 Å². The number of nitrogens with zero attached hydrogens (tertiary/aromatic N) is 2. The summed E-state index contributed by atoms with van der Waals surface area (Å²) in [7, 11) is 0. The number of rotatable bonds is 3. The normalized spacial score (nSPS) is 16.7. The Morgan fingerprint density at radius 3 is 2.73 bits per heavy atom. The molecule has 6 nitrogen and oxygen atoms in total. The number of carboxylic acid groups (broad SMARTS) is 1. The molecule has 0 saturated heterocycles. The number of carbonyl (C=O) groups excluding carboxylic acids is 1. The molecule has 0 saturated carbocycles. The minimum Gasteiger partial charge on any atom is -0.478 e. The summed E-state index contributed by atoms with van der Waals surface area (Å²) in [5.41, 5.74) is 2.75. The lowest BCUT2D eigenvalue weighted by molar-refractivity contribution is -0.113. The van der Waals surface area contributed by atoms with Gasteiger partial charge in [0.15, 0.2) is 0 Å². The van der Waals surface area contributed by atoms with E-state index >= 15 is 0 Å². The summed E-state index contributed by atoms with van der Waals surface area (Å²) in [6, 6.07) is 10.5. The third-order valence-corrected chi connectivity index (χ3v) is 6.51. The number of benzene rings is 1. The van der Waals surface area contributed by atoms with Crippen molar-refractivity contribution in [3.63, 3.8) is 0 Å². The third-order valence-electron chi connectivity index (χ3n) is 4.17. The van der Waals surface area contributed by atoms with E-state index in [2.05, 4.69) is 16.5 Å². The molecule has 1 atom stereocenters. The Balaban J connectivity index is 1.85. The predicted molar refractivity (Wildman–Crippen MR) is 103 cm³/mol. The number of anilines is 1. The van der Waals surface area contributed by atoms with Crippen LogP contribution in [0.2, 0.25) is 0 Å². The number of hydrogen-bond donors (Lipinski definition) is 2. The molecule has 0 radical (unpaired) electrons. The number of amides is 1. The first kappa shape index (κ1) is 16.9. The molecule has 3 aromatic rings. The van der Waals surface area contributed by atoms with Crippen molar-refractivity contribution in [3.8, 4) is 5.69 Å². The molecule has 132 valence electrons. The number of thioether (sulfide) groups is 1. The van der Waals surface area contributed by atoms with Gasteiger partial charge in [0.05, 0.1) is 27.9 Å². The number of aryl methyl sites for hydroxylation is 1. The van der Waals surface area contributed by atoms with E-state index in [9.17, 15) is 9.59 Å². The van der Waals surface area contributed by atoms with Crippen LogP contribution in [0.1, 0.15) is 31.7 Å². The first-order valence-corrected chi connectivity index (χ1v) is 9.85. The fourth-order valence-electron chi connectivity index (χ4n) is 2.98. The summed E-state index contributed by atoms with van der Waals surface area (Å²) in [4.78, 5) is 24.5. The highest BCUT2D eigenvalue weighted by molar-refractivity contribution is 8.00. The minimum absolute atomic E-state index is 0.0380. The largest absolute Gasteiger partial charge is 0.478 e. The van der Waals surface area contributed by atoms with Crippen LogP contribution in [0.3, 0.4) is 0 Å². The second kappa shape index (κ2) is 6.62. The highest BCUT2D eigenvalue weighted by Crippen LogP contribution is 2.45. The number of thiophene rings is 1. The summed E-state index contributed by atoms with van der Waals surface area (Å²) in [6.45, 7) is 1.93. The lowest BCUT2D eigenvalue weighted by Crippen LogP contribution is -2.15. The van der Waals surface area contributed by atoms with E-state index in [1.165, 1.54) is 17.0 Å². The Bertz CT molecular complexity index is 978. The number of fused-ring (bicyclic) bond motifs is 1. The van der Waals surface area contributed by atoms with Gasteiger partial charge in [0, 0.05) is 10.4 Å². The zero-order valence-corrected chi connectivity index (χ0v) is 15.4. The van der Waals surface area contributed by atoms with Crippen molar-refractivity contribution in [2.45, 2.75) is 12.2 Å². The van der Waals surface area contributed by atoms with Crippen LogP contribution in [-0.4, -0.2) is 32.5 Å². The van der Waals surface area contributed by atoms with E-state index in [4.69, 9.17) is 5.11 Å². The molecule has 0 aliphatic carbocycles. The summed E-state index contributed by atoms with van der Waals surface area (Å²) < 4.78 is 1.68. The summed E-state index contributed by atoms with van der Waals surface area (Å²) in [6.07, 6.45) is 0. The van der Waals surface area contributed by atoms with E-state index in [0.717, 1.165) is 11.3 Å². The third kappa shape index (κ3) is 2.91. The maximum Gasteiger partial charge on any atom is 0.335 e. The number of aromatic carboxylic acids is 1. The molecule has 1 amide bonds. The van der Waals surface area contributed by atoms with Crippen LogP contribution in [0.4, 0.5) is 5.82 Å². The highest BCUT2D eigenvalue weighted by atomic mass is 32.2. The van der Waals surface area contributed by atoms with E-state index in [0.29, 0.717) is 17.3 Å². The Kier molecular flexibility index (Phi) is 4.29. The van der Waals surface area contributed by atoms with Crippen LogP contribution >= 0.6 is 23.1 Å². The van der Waals surface area contributed by atoms with Crippen molar-refractivity contribution >= 4 is 40.8 Å². The number of nitrogens with one attached hydrogen (secondary N) is 1. The van der Waals surface area contributed by atoms with Crippen molar-refractivity contribution in [1.82, 2.24) is 9.78 Å². The fourth-order valence-corrected chi connectivity index (χ4v) is 5.15. The fraction of sp³-hybridized carbons (Fsp3) is 0.167. The van der Waals surface area contributed by atoms with Gasteiger partial charge in [0.1, 0.15) is 5.82 Å². The van der Waals surface area contributed by atoms with Gasteiger partial charge in [-0.15, -0.1) is 23.1 Å². The smallest absolute Gasteiger partial charge is 0.335 e. The first-order chi connectivity index (χ1) is 12.5. The lowest BCUT2D eigenvalue weighted by Gasteiger charge is -2.13. The molecule has 1 aliphatic heterocycles. The summed E-state index contributed by atoms with van der Waals surface area (Å²) >= 11 is 3.25. The quantitative estimate of drug-likeness (QED) is 0.718. The van der Waals surface area contributed by atoms with E-state index in [1.54, 1.807) is 39.9 Å². The molecule has 0 unspecified atom stereocenters. The summed E-state index contributed by atoms with van der Waals surface area (Å²) in [5.74, 6) is -0.0265.